The molecule has 0 fully saturated rings. The van der Waals surface area contributed by atoms with E-state index in [-0.39, 0.29) is 49.5 Å². The van der Waals surface area contributed by atoms with Crippen molar-refractivity contribution < 1.29 is 55.8 Å². The van der Waals surface area contributed by atoms with Gasteiger partial charge >= 0.3 is 38.9 Å². The zero-order chi connectivity index (χ0) is 12.8. The molecule has 1 atom stereocenters. The maximum atomic E-state index is 12.9. The smallest absolute Gasteiger partial charge is 0.387 e. The van der Waals surface area contributed by atoms with Crippen molar-refractivity contribution in [2.45, 2.75) is 25.1 Å². The third-order valence-electron chi connectivity index (χ3n) is 2.77. The van der Waals surface area contributed by atoms with Gasteiger partial charge in [-0.2, -0.15) is 30.9 Å². The van der Waals surface area contributed by atoms with Crippen LogP contribution >= 0.6 is 0 Å². The zero-order valence-electron chi connectivity index (χ0n) is 9.43. The van der Waals surface area contributed by atoms with E-state index < -0.39 is 24.1 Å². The summed E-state index contributed by atoms with van der Waals surface area (Å²) in [6.07, 6.45) is -5.93. The van der Waals surface area contributed by atoms with E-state index in [4.69, 9.17) is 0 Å². The minimum Gasteiger partial charge on any atom is -0.387 e. The van der Waals surface area contributed by atoms with Crippen LogP contribution in [0.15, 0.2) is 12.1 Å². The van der Waals surface area contributed by atoms with E-state index in [1.165, 1.54) is 19.1 Å². The minimum atomic E-state index is -4.90. The van der Waals surface area contributed by atoms with Crippen LogP contribution in [0.1, 0.15) is 17.5 Å². The van der Waals surface area contributed by atoms with Gasteiger partial charge in [-0.05, 0) is 0 Å². The number of benzene rings is 1. The molecule has 0 radical (unpaired) electrons. The van der Waals surface area contributed by atoms with Gasteiger partial charge in [0.1, 0.15) is 0 Å². The molecule has 0 aromatic heterocycles. The van der Waals surface area contributed by atoms with Crippen LogP contribution in [-0.2, 0) is 43.1 Å². The Morgan fingerprint density at radius 3 is 2.67 bits per heavy atom. The normalized spacial score (nSPS) is 22.8. The first-order valence-electron chi connectivity index (χ1n) is 4.86. The Balaban J connectivity index is 0.00000162. The van der Waals surface area contributed by atoms with Crippen molar-refractivity contribution in [3.8, 4) is 0 Å². The van der Waals surface area contributed by atoms with Crippen molar-refractivity contribution in [2.75, 3.05) is 5.32 Å². The van der Waals surface area contributed by atoms with Crippen LogP contribution in [0.2, 0.25) is 0 Å². The fourth-order valence-electron chi connectivity index (χ4n) is 2.00. The number of anilines is 1. The minimum absolute atomic E-state index is 0. The van der Waals surface area contributed by atoms with E-state index in [9.17, 15) is 23.1 Å². The van der Waals surface area contributed by atoms with Crippen molar-refractivity contribution in [3.63, 3.8) is 0 Å². The molecule has 0 saturated carbocycles. The second-order valence-corrected chi connectivity index (χ2v) is 3.97. The van der Waals surface area contributed by atoms with E-state index in [0.29, 0.717) is 0 Å². The molecular weight excluding hydrogens is 324 g/mol. The number of amides is 1. The maximum absolute atomic E-state index is 12.9. The number of aliphatic hydroxyl groups is 1. The number of halogens is 3. The van der Waals surface area contributed by atoms with Gasteiger partial charge in [0, 0.05) is 0 Å². The largest absolute Gasteiger partial charge is 3.00 e. The Morgan fingerprint density at radius 2 is 2.11 bits per heavy atom. The molecule has 2 rings (SSSR count). The Labute approximate surface area is 127 Å². The number of fused-ring (bicyclic) bond motifs is 1. The predicted octanol–water partition coefficient (Wildman–Crippen LogP) is 1.88. The van der Waals surface area contributed by atoms with Crippen molar-refractivity contribution in [2.24, 2.45) is 0 Å². The summed E-state index contributed by atoms with van der Waals surface area (Å²) in [6, 6.07) is 5.28. The number of hydrogen-bond donors (Lipinski definition) is 2. The molecule has 0 bridgehead atoms. The molecule has 1 aromatic rings. The van der Waals surface area contributed by atoms with Crippen LogP contribution in [0.4, 0.5) is 18.9 Å². The Hall–Kier alpha value is -0.456. The summed E-state index contributed by atoms with van der Waals surface area (Å²) in [5.41, 5.74) is -3.31. The Kier molecular flexibility index (Phi) is 4.25. The van der Waals surface area contributed by atoms with Gasteiger partial charge in [0.15, 0.2) is 5.60 Å². The van der Waals surface area contributed by atoms with E-state index in [0.717, 1.165) is 0 Å². The van der Waals surface area contributed by atoms with Gasteiger partial charge in [-0.1, -0.05) is 18.2 Å². The summed E-state index contributed by atoms with van der Waals surface area (Å²) in [5.74, 6) is -0.858. The molecule has 1 aliphatic rings. The molecule has 2 N–H and O–H groups in total. The van der Waals surface area contributed by atoms with Crippen molar-refractivity contribution >= 4 is 11.6 Å². The molecule has 7 heteroatoms. The second kappa shape index (κ2) is 4.91. The summed E-state index contributed by atoms with van der Waals surface area (Å²) in [4.78, 5) is 11.2. The first kappa shape index (κ1) is 15.6. The average molecular weight is 333 g/mol. The average Bonchev–Trinajstić information content (AvgIpc) is 2.14. The Morgan fingerprint density at radius 1 is 1.50 bits per heavy atom. The summed E-state index contributed by atoms with van der Waals surface area (Å²) in [6.45, 7) is 1.41. The van der Waals surface area contributed by atoms with Crippen LogP contribution in [-0.4, -0.2) is 17.2 Å². The van der Waals surface area contributed by atoms with E-state index in [1.54, 1.807) is 0 Å². The number of hydrogen-bond acceptors (Lipinski definition) is 2. The van der Waals surface area contributed by atoms with Gasteiger partial charge in [-0.15, -0.1) is 6.07 Å². The molecule has 0 spiro atoms. The zero-order valence-corrected chi connectivity index (χ0v) is 12.3. The quantitative estimate of drug-likeness (QED) is 0.713. The SMILES string of the molecule is Cc1[c-]ccc2c1C(O)(C(F)(F)F)CC(=O)N2.[Y+3]. The van der Waals surface area contributed by atoms with Crippen LogP contribution < -0.4 is 5.32 Å². The van der Waals surface area contributed by atoms with Crippen molar-refractivity contribution in [3.05, 3.63) is 29.3 Å². The van der Waals surface area contributed by atoms with Crippen molar-refractivity contribution in [1.82, 2.24) is 0 Å². The van der Waals surface area contributed by atoms with Crippen LogP contribution in [0.25, 0.3) is 0 Å². The third kappa shape index (κ3) is 2.33. The molecule has 18 heavy (non-hydrogen) atoms. The van der Waals surface area contributed by atoms with Gasteiger partial charge < -0.3 is 10.4 Å². The van der Waals surface area contributed by atoms with E-state index in [2.05, 4.69) is 11.4 Å². The molecule has 0 aliphatic carbocycles. The number of carbonyl (C=O) groups is 1. The number of aryl methyl sites for hydroxylation is 1. The van der Waals surface area contributed by atoms with Crippen LogP contribution in [0, 0.1) is 13.0 Å². The summed E-state index contributed by atoms with van der Waals surface area (Å²) in [5, 5.41) is 12.1. The first-order valence-corrected chi connectivity index (χ1v) is 4.86. The van der Waals surface area contributed by atoms with Gasteiger partial charge in [-0.3, -0.25) is 4.79 Å². The van der Waals surface area contributed by atoms with Crippen LogP contribution in [0.5, 0.6) is 0 Å². The molecule has 1 heterocycles. The molecule has 1 aromatic carbocycles. The monoisotopic (exact) mass is 333 g/mol. The molecule has 1 unspecified atom stereocenters. The molecule has 0 saturated heterocycles. The summed E-state index contributed by atoms with van der Waals surface area (Å²) >= 11 is 0. The standard InChI is InChI=1S/C11H9F3NO2.Y/c1-6-3-2-4-7-9(6)10(17,11(12,13)14)5-8(16)15-7;/h2,4,17H,5H2,1H3,(H,15,16);/q-1;+3. The molecular formula is C11H9F3NO2Y+2. The van der Waals surface area contributed by atoms with Gasteiger partial charge in [0.05, 0.1) is 6.42 Å². The van der Waals surface area contributed by atoms with E-state index >= 15 is 0 Å². The Bertz CT molecular complexity index is 490. The van der Waals surface area contributed by atoms with Gasteiger partial charge in [0.2, 0.25) is 5.91 Å². The molecule has 1 amide bonds. The van der Waals surface area contributed by atoms with Gasteiger partial charge in [-0.25, -0.2) is 0 Å². The summed E-state index contributed by atoms with van der Waals surface area (Å²) in [7, 11) is 0. The van der Waals surface area contributed by atoms with E-state index in [1.807, 2.05) is 0 Å². The molecule has 1 aliphatic heterocycles. The predicted molar refractivity (Wildman–Crippen MR) is 53.2 cm³/mol. The number of rotatable bonds is 0. The molecule has 3 nitrogen and oxygen atoms in total. The molecule has 92 valence electrons. The number of carbonyl (C=O) groups excluding carboxylic acids is 1. The number of nitrogens with one attached hydrogen (secondary N) is 1. The second-order valence-electron chi connectivity index (χ2n) is 3.97. The van der Waals surface area contributed by atoms with Gasteiger partial charge in [0.25, 0.3) is 0 Å². The topological polar surface area (TPSA) is 49.3 Å². The third-order valence-corrected chi connectivity index (χ3v) is 2.77. The van der Waals surface area contributed by atoms with Crippen LogP contribution in [0.3, 0.4) is 0 Å². The van der Waals surface area contributed by atoms with Crippen molar-refractivity contribution in [1.29, 1.82) is 0 Å². The fraction of sp³-hybridized carbons (Fsp3) is 0.364. The maximum Gasteiger partial charge on any atom is 3.00 e. The fourth-order valence-corrected chi connectivity index (χ4v) is 2.00. The number of alkyl halides is 3. The first-order chi connectivity index (χ1) is 7.75. The summed E-state index contributed by atoms with van der Waals surface area (Å²) < 4.78 is 38.7.